The molecule has 0 aromatic rings. The summed E-state index contributed by atoms with van der Waals surface area (Å²) < 4.78 is 12.6. The monoisotopic (exact) mass is 143 g/mol. The molecule has 10 heavy (non-hydrogen) atoms. The maximum Gasteiger partial charge on any atom is 0.229 e. The van der Waals surface area contributed by atoms with Gasteiger partial charge in [0.15, 0.2) is 0 Å². The average Bonchev–Trinajstić information content (AvgIpc) is 1.94. The lowest BCUT2D eigenvalue weighted by molar-refractivity contribution is 0.539. The van der Waals surface area contributed by atoms with Crippen LogP contribution in [0.2, 0.25) is 0 Å². The van der Waals surface area contributed by atoms with E-state index >= 15 is 0 Å². The van der Waals surface area contributed by atoms with Crippen LogP contribution in [0, 0.1) is 0 Å². The molecular formula is C6H10FN3. The predicted molar refractivity (Wildman–Crippen MR) is 38.0 cm³/mol. The van der Waals surface area contributed by atoms with E-state index in [0.717, 1.165) is 0 Å². The van der Waals surface area contributed by atoms with Gasteiger partial charge >= 0.3 is 0 Å². The van der Waals surface area contributed by atoms with Crippen LogP contribution in [0.1, 0.15) is 13.3 Å². The van der Waals surface area contributed by atoms with Gasteiger partial charge in [-0.05, 0) is 6.42 Å². The fourth-order valence-corrected chi connectivity index (χ4v) is 0.771. The molecule has 0 saturated heterocycles. The first-order chi connectivity index (χ1) is 4.74. The number of hydrazone groups is 1. The molecule has 0 unspecified atom stereocenters. The van der Waals surface area contributed by atoms with E-state index in [2.05, 4.69) is 22.4 Å². The topological polar surface area (TPSA) is 36.4 Å². The third-order valence-electron chi connectivity index (χ3n) is 1.34. The normalized spacial score (nSPS) is 24.8. The van der Waals surface area contributed by atoms with Crippen LogP contribution in [0.3, 0.4) is 0 Å². The summed E-state index contributed by atoms with van der Waals surface area (Å²) in [6.45, 7) is 5.43. The SMILES string of the molecule is C=C1NN=C(F)[C@@H](CC)N1. The molecule has 0 radical (unpaired) electrons. The minimum absolute atomic E-state index is 0.297. The van der Waals surface area contributed by atoms with Crippen LogP contribution in [-0.4, -0.2) is 12.0 Å². The number of nitrogens with one attached hydrogen (secondary N) is 2. The van der Waals surface area contributed by atoms with Gasteiger partial charge in [0.05, 0.1) is 6.04 Å². The van der Waals surface area contributed by atoms with Crippen LogP contribution in [0.4, 0.5) is 4.39 Å². The minimum atomic E-state index is -0.407. The molecule has 0 bridgehead atoms. The second-order valence-corrected chi connectivity index (χ2v) is 2.13. The van der Waals surface area contributed by atoms with E-state index in [1.807, 2.05) is 6.92 Å². The summed E-state index contributed by atoms with van der Waals surface area (Å²) in [5, 5.41) is 6.21. The molecule has 1 rings (SSSR count). The maximum atomic E-state index is 12.6. The minimum Gasteiger partial charge on any atom is -0.360 e. The molecule has 1 aliphatic heterocycles. The van der Waals surface area contributed by atoms with Crippen molar-refractivity contribution in [2.45, 2.75) is 19.4 Å². The van der Waals surface area contributed by atoms with Gasteiger partial charge in [-0.25, -0.2) is 0 Å². The van der Waals surface area contributed by atoms with E-state index in [4.69, 9.17) is 0 Å². The Bertz CT molecular complexity index is 176. The van der Waals surface area contributed by atoms with Crippen molar-refractivity contribution in [3.63, 3.8) is 0 Å². The molecule has 0 spiro atoms. The Kier molecular flexibility index (Phi) is 1.89. The largest absolute Gasteiger partial charge is 0.360 e. The molecule has 1 heterocycles. The van der Waals surface area contributed by atoms with Gasteiger partial charge in [-0.15, -0.1) is 5.10 Å². The summed E-state index contributed by atoms with van der Waals surface area (Å²) in [6, 6.07) is -0.297. The van der Waals surface area contributed by atoms with Crippen LogP contribution >= 0.6 is 0 Å². The molecule has 0 aromatic heterocycles. The van der Waals surface area contributed by atoms with Gasteiger partial charge in [0.25, 0.3) is 0 Å². The van der Waals surface area contributed by atoms with Crippen LogP contribution in [0.15, 0.2) is 17.5 Å². The number of nitrogens with zero attached hydrogens (tertiary/aromatic N) is 1. The van der Waals surface area contributed by atoms with E-state index in [1.54, 1.807) is 0 Å². The van der Waals surface area contributed by atoms with Crippen molar-refractivity contribution in [2.24, 2.45) is 5.10 Å². The Hall–Kier alpha value is -1.06. The Morgan fingerprint density at radius 3 is 3.00 bits per heavy atom. The molecule has 0 aliphatic carbocycles. The Morgan fingerprint density at radius 1 is 1.80 bits per heavy atom. The molecule has 1 aliphatic rings. The van der Waals surface area contributed by atoms with E-state index in [1.165, 1.54) is 0 Å². The second kappa shape index (κ2) is 2.68. The van der Waals surface area contributed by atoms with Gasteiger partial charge in [0.1, 0.15) is 5.82 Å². The zero-order valence-electron chi connectivity index (χ0n) is 5.82. The second-order valence-electron chi connectivity index (χ2n) is 2.13. The van der Waals surface area contributed by atoms with Gasteiger partial charge in [-0.3, -0.25) is 5.43 Å². The highest BCUT2D eigenvalue weighted by atomic mass is 19.1. The summed E-state index contributed by atoms with van der Waals surface area (Å²) >= 11 is 0. The van der Waals surface area contributed by atoms with E-state index in [0.29, 0.717) is 12.2 Å². The molecule has 4 heteroatoms. The lowest BCUT2D eigenvalue weighted by atomic mass is 10.2. The molecule has 0 fully saturated rings. The van der Waals surface area contributed by atoms with Crippen molar-refractivity contribution in [3.05, 3.63) is 12.4 Å². The zero-order chi connectivity index (χ0) is 7.56. The van der Waals surface area contributed by atoms with Crippen molar-refractivity contribution in [3.8, 4) is 0 Å². The lowest BCUT2D eigenvalue weighted by Crippen LogP contribution is -2.42. The molecule has 56 valence electrons. The van der Waals surface area contributed by atoms with Crippen molar-refractivity contribution in [1.29, 1.82) is 0 Å². The standard InChI is InChI=1S/C6H10FN3/c1-3-5-6(7)10-9-4(2)8-5/h5,8-9H,2-3H2,1H3/t5-/m1/s1. The van der Waals surface area contributed by atoms with E-state index in [-0.39, 0.29) is 6.04 Å². The van der Waals surface area contributed by atoms with Crippen molar-refractivity contribution in [2.75, 3.05) is 0 Å². The summed E-state index contributed by atoms with van der Waals surface area (Å²) in [4.78, 5) is 0. The fourth-order valence-electron chi connectivity index (χ4n) is 0.771. The van der Waals surface area contributed by atoms with Gasteiger partial charge in [-0.1, -0.05) is 13.5 Å². The van der Waals surface area contributed by atoms with Gasteiger partial charge in [-0.2, -0.15) is 4.39 Å². The molecule has 3 nitrogen and oxygen atoms in total. The fraction of sp³-hybridized carbons (Fsp3) is 0.500. The molecule has 0 amide bonds. The van der Waals surface area contributed by atoms with Crippen LogP contribution in [0.25, 0.3) is 0 Å². The van der Waals surface area contributed by atoms with Gasteiger partial charge in [0, 0.05) is 0 Å². The summed E-state index contributed by atoms with van der Waals surface area (Å²) in [7, 11) is 0. The van der Waals surface area contributed by atoms with Gasteiger partial charge < -0.3 is 5.32 Å². The first-order valence-corrected chi connectivity index (χ1v) is 3.18. The van der Waals surface area contributed by atoms with E-state index in [9.17, 15) is 4.39 Å². The number of rotatable bonds is 1. The molecule has 1 atom stereocenters. The zero-order valence-corrected chi connectivity index (χ0v) is 5.82. The smallest absolute Gasteiger partial charge is 0.229 e. The lowest BCUT2D eigenvalue weighted by Gasteiger charge is -2.21. The Labute approximate surface area is 59.0 Å². The third kappa shape index (κ3) is 1.26. The van der Waals surface area contributed by atoms with Gasteiger partial charge in [0.2, 0.25) is 5.97 Å². The quantitative estimate of drug-likeness (QED) is 0.567. The molecular weight excluding hydrogens is 133 g/mol. The van der Waals surface area contributed by atoms with Crippen LogP contribution in [0.5, 0.6) is 0 Å². The van der Waals surface area contributed by atoms with E-state index < -0.39 is 5.97 Å². The molecule has 0 aromatic carbocycles. The Morgan fingerprint density at radius 2 is 2.50 bits per heavy atom. The van der Waals surface area contributed by atoms with Crippen molar-refractivity contribution < 1.29 is 4.39 Å². The van der Waals surface area contributed by atoms with Crippen molar-refractivity contribution in [1.82, 2.24) is 10.7 Å². The summed E-state index contributed by atoms with van der Waals surface area (Å²) in [5.41, 5.74) is 2.40. The maximum absolute atomic E-state index is 12.6. The highest BCUT2D eigenvalue weighted by Crippen LogP contribution is 2.02. The highest BCUT2D eigenvalue weighted by molar-refractivity contribution is 5.81. The third-order valence-corrected chi connectivity index (χ3v) is 1.34. The number of halogens is 1. The first-order valence-electron chi connectivity index (χ1n) is 3.18. The highest BCUT2D eigenvalue weighted by Gasteiger charge is 2.17. The van der Waals surface area contributed by atoms with Crippen LogP contribution in [-0.2, 0) is 0 Å². The molecule has 2 N–H and O–H groups in total. The van der Waals surface area contributed by atoms with Crippen LogP contribution < -0.4 is 10.7 Å². The number of hydrogen-bond acceptors (Lipinski definition) is 3. The summed E-state index contributed by atoms with van der Waals surface area (Å²) in [6.07, 6.45) is 0.677. The number of hydrogen-bond donors (Lipinski definition) is 2. The first kappa shape index (κ1) is 7.05. The average molecular weight is 143 g/mol. The predicted octanol–water partition coefficient (Wildman–Crippen LogP) is 0.712. The summed E-state index contributed by atoms with van der Waals surface area (Å²) in [5.74, 6) is 0.142. The van der Waals surface area contributed by atoms with Crippen molar-refractivity contribution >= 4 is 5.97 Å². The molecule has 0 saturated carbocycles. The Balaban J connectivity index is 2.65.